The fourth-order valence-electron chi connectivity index (χ4n) is 0.886. The Morgan fingerprint density at radius 3 is 2.55 bits per heavy atom. The van der Waals surface area contributed by atoms with Crippen molar-refractivity contribution in [3.8, 4) is 0 Å². The lowest BCUT2D eigenvalue weighted by molar-refractivity contribution is -0.146. The Balaban J connectivity index is 3.58. The maximum Gasteiger partial charge on any atom is 0.321 e. The lowest BCUT2D eigenvalue weighted by Gasteiger charge is -2.13. The van der Waals surface area contributed by atoms with E-state index in [0.29, 0.717) is 0 Å². The van der Waals surface area contributed by atoms with E-state index in [1.54, 1.807) is 0 Å². The molecule has 0 aromatic heterocycles. The van der Waals surface area contributed by atoms with Gasteiger partial charge in [0.15, 0.2) is 0 Å². The molecule has 0 aliphatic rings. The molecule has 0 bridgehead atoms. The third-order valence-corrected chi connectivity index (χ3v) is 1.69. The monoisotopic (exact) mass is 178 g/mol. The molecule has 1 atom stereocenters. The number of hydrogen-bond acceptors (Lipinski definition) is 2. The lowest BCUT2D eigenvalue weighted by atomic mass is 10.2. The molecule has 11 heavy (non-hydrogen) atoms. The summed E-state index contributed by atoms with van der Waals surface area (Å²) in [5.74, 6) is -0.354. The van der Waals surface area contributed by atoms with Gasteiger partial charge >= 0.3 is 5.97 Å². The van der Waals surface area contributed by atoms with Gasteiger partial charge in [-0.3, -0.25) is 4.79 Å². The number of carbonyl (C=O) groups is 1. The number of esters is 1. The maximum absolute atomic E-state index is 10.7. The standard InChI is InChI=1S/C8H15ClO2/c1-3-5-7(4-2)11-8(10)6-9/h7H,3-6H2,1-2H3. The maximum atomic E-state index is 10.7. The van der Waals surface area contributed by atoms with Crippen molar-refractivity contribution >= 4 is 17.6 Å². The molecular formula is C8H15ClO2. The van der Waals surface area contributed by atoms with Crippen LogP contribution in [0.5, 0.6) is 0 Å². The molecule has 0 aromatic carbocycles. The van der Waals surface area contributed by atoms with Crippen molar-refractivity contribution in [3.63, 3.8) is 0 Å². The zero-order chi connectivity index (χ0) is 8.69. The molecule has 0 saturated carbocycles. The Bertz CT molecular complexity index is 115. The van der Waals surface area contributed by atoms with Gasteiger partial charge in [0, 0.05) is 0 Å². The SMILES string of the molecule is CCCC(CC)OC(=O)CCl. The van der Waals surface area contributed by atoms with E-state index in [-0.39, 0.29) is 18.0 Å². The molecule has 3 heteroatoms. The van der Waals surface area contributed by atoms with Gasteiger partial charge in [-0.15, -0.1) is 11.6 Å². The van der Waals surface area contributed by atoms with Crippen LogP contribution in [0.1, 0.15) is 33.1 Å². The molecule has 0 spiro atoms. The van der Waals surface area contributed by atoms with E-state index < -0.39 is 0 Å². The second-order valence-electron chi connectivity index (χ2n) is 2.44. The second kappa shape index (κ2) is 6.47. The summed E-state index contributed by atoms with van der Waals surface area (Å²) in [6.45, 7) is 4.07. The average molecular weight is 179 g/mol. The van der Waals surface area contributed by atoms with Crippen LogP contribution in [0.2, 0.25) is 0 Å². The van der Waals surface area contributed by atoms with Crippen LogP contribution in [0.4, 0.5) is 0 Å². The molecule has 0 fully saturated rings. The second-order valence-corrected chi connectivity index (χ2v) is 2.71. The van der Waals surface area contributed by atoms with Crippen molar-refractivity contribution < 1.29 is 9.53 Å². The first-order valence-electron chi connectivity index (χ1n) is 4.00. The number of ether oxygens (including phenoxy) is 1. The molecular weight excluding hydrogens is 164 g/mol. The summed E-state index contributed by atoms with van der Waals surface area (Å²) < 4.78 is 5.02. The van der Waals surface area contributed by atoms with Gasteiger partial charge < -0.3 is 4.74 Å². The van der Waals surface area contributed by atoms with E-state index in [9.17, 15) is 4.79 Å². The summed E-state index contributed by atoms with van der Waals surface area (Å²) in [6.07, 6.45) is 2.90. The Morgan fingerprint density at radius 2 is 2.18 bits per heavy atom. The van der Waals surface area contributed by atoms with Gasteiger partial charge in [0.05, 0.1) is 0 Å². The van der Waals surface area contributed by atoms with Crippen molar-refractivity contribution in [1.82, 2.24) is 0 Å². The largest absolute Gasteiger partial charge is 0.462 e. The van der Waals surface area contributed by atoms with E-state index in [0.717, 1.165) is 19.3 Å². The number of halogens is 1. The predicted octanol–water partition coefficient (Wildman–Crippen LogP) is 2.35. The number of hydrogen-bond donors (Lipinski definition) is 0. The summed E-state index contributed by atoms with van der Waals surface area (Å²) in [6, 6.07) is 0. The number of alkyl halides is 1. The van der Waals surface area contributed by atoms with Gasteiger partial charge in [-0.05, 0) is 12.8 Å². The minimum atomic E-state index is -0.313. The third-order valence-electron chi connectivity index (χ3n) is 1.47. The number of rotatable bonds is 5. The van der Waals surface area contributed by atoms with Gasteiger partial charge in [0.25, 0.3) is 0 Å². The summed E-state index contributed by atoms with van der Waals surface area (Å²) in [5, 5.41) is 0. The Hall–Kier alpha value is -0.240. The molecule has 0 heterocycles. The van der Waals surface area contributed by atoms with Gasteiger partial charge in [0.1, 0.15) is 12.0 Å². The zero-order valence-corrected chi connectivity index (χ0v) is 7.86. The first kappa shape index (κ1) is 10.8. The van der Waals surface area contributed by atoms with Crippen LogP contribution < -0.4 is 0 Å². The molecule has 0 aliphatic carbocycles. The summed E-state index contributed by atoms with van der Waals surface area (Å²) in [4.78, 5) is 10.7. The summed E-state index contributed by atoms with van der Waals surface area (Å²) in [7, 11) is 0. The van der Waals surface area contributed by atoms with Crippen LogP contribution in [0.15, 0.2) is 0 Å². The van der Waals surface area contributed by atoms with Crippen LogP contribution in [0.3, 0.4) is 0 Å². The van der Waals surface area contributed by atoms with Gasteiger partial charge in [-0.25, -0.2) is 0 Å². The quantitative estimate of drug-likeness (QED) is 0.477. The van der Waals surface area contributed by atoms with E-state index in [2.05, 4.69) is 6.92 Å². The molecule has 0 aliphatic heterocycles. The van der Waals surface area contributed by atoms with Crippen LogP contribution >= 0.6 is 11.6 Å². The van der Waals surface area contributed by atoms with Crippen LogP contribution in [-0.4, -0.2) is 18.0 Å². The first-order chi connectivity index (χ1) is 5.24. The average Bonchev–Trinajstić information content (AvgIpc) is 2.03. The van der Waals surface area contributed by atoms with Crippen molar-refractivity contribution in [2.75, 3.05) is 5.88 Å². The minimum absolute atomic E-state index is 0.0415. The molecule has 1 unspecified atom stereocenters. The molecule has 0 saturated heterocycles. The molecule has 2 nitrogen and oxygen atoms in total. The fourth-order valence-corrected chi connectivity index (χ4v) is 0.949. The number of carbonyl (C=O) groups excluding carboxylic acids is 1. The zero-order valence-electron chi connectivity index (χ0n) is 7.10. The highest BCUT2D eigenvalue weighted by Crippen LogP contribution is 2.06. The van der Waals surface area contributed by atoms with E-state index in [1.165, 1.54) is 0 Å². The topological polar surface area (TPSA) is 26.3 Å². The van der Waals surface area contributed by atoms with Gasteiger partial charge in [-0.2, -0.15) is 0 Å². The van der Waals surface area contributed by atoms with E-state index in [1.807, 2.05) is 6.92 Å². The molecule has 0 aromatic rings. The third kappa shape index (κ3) is 5.08. The van der Waals surface area contributed by atoms with Crippen LogP contribution in [-0.2, 0) is 9.53 Å². The van der Waals surface area contributed by atoms with Gasteiger partial charge in [-0.1, -0.05) is 20.3 Å². The first-order valence-corrected chi connectivity index (χ1v) is 4.53. The van der Waals surface area contributed by atoms with Crippen molar-refractivity contribution in [1.29, 1.82) is 0 Å². The van der Waals surface area contributed by atoms with Crippen molar-refractivity contribution in [2.24, 2.45) is 0 Å². The Labute approximate surface area is 72.9 Å². The van der Waals surface area contributed by atoms with Crippen LogP contribution in [0.25, 0.3) is 0 Å². The smallest absolute Gasteiger partial charge is 0.321 e. The molecule has 66 valence electrons. The highest BCUT2D eigenvalue weighted by Gasteiger charge is 2.09. The lowest BCUT2D eigenvalue weighted by Crippen LogP contribution is -2.17. The molecule has 0 rings (SSSR count). The van der Waals surface area contributed by atoms with Crippen molar-refractivity contribution in [3.05, 3.63) is 0 Å². The summed E-state index contributed by atoms with van der Waals surface area (Å²) >= 11 is 5.28. The molecule has 0 N–H and O–H groups in total. The molecule has 0 amide bonds. The van der Waals surface area contributed by atoms with E-state index >= 15 is 0 Å². The Morgan fingerprint density at radius 1 is 1.55 bits per heavy atom. The van der Waals surface area contributed by atoms with Gasteiger partial charge in [0.2, 0.25) is 0 Å². The highest BCUT2D eigenvalue weighted by atomic mass is 35.5. The van der Waals surface area contributed by atoms with E-state index in [4.69, 9.17) is 16.3 Å². The highest BCUT2D eigenvalue weighted by molar-refractivity contribution is 6.26. The van der Waals surface area contributed by atoms with Crippen LogP contribution in [0, 0.1) is 0 Å². The molecule has 0 radical (unpaired) electrons. The Kier molecular flexibility index (Phi) is 6.33. The normalized spacial score (nSPS) is 12.6. The van der Waals surface area contributed by atoms with Crippen molar-refractivity contribution in [2.45, 2.75) is 39.2 Å². The fraction of sp³-hybridized carbons (Fsp3) is 0.875. The summed E-state index contributed by atoms with van der Waals surface area (Å²) in [5.41, 5.74) is 0. The minimum Gasteiger partial charge on any atom is -0.462 e. The predicted molar refractivity (Wildman–Crippen MR) is 45.8 cm³/mol.